The smallest absolute Gasteiger partial charge is 0.163 e. The van der Waals surface area contributed by atoms with Crippen molar-refractivity contribution in [1.29, 1.82) is 0 Å². The molecule has 1 nitrogen and oxygen atoms in total. The normalized spacial score (nSPS) is 13.0. The van der Waals surface area contributed by atoms with Gasteiger partial charge in [-0.25, -0.2) is 17.6 Å². The van der Waals surface area contributed by atoms with Gasteiger partial charge in [-0.15, -0.1) is 0 Å². The molecule has 72 valence electrons. The van der Waals surface area contributed by atoms with Gasteiger partial charge in [0.25, 0.3) is 0 Å². The maximum absolute atomic E-state index is 12.8. The minimum absolute atomic E-state index is 0.379. The lowest BCUT2D eigenvalue weighted by Gasteiger charge is -2.08. The summed E-state index contributed by atoms with van der Waals surface area (Å²) in [7, 11) is 0. The van der Waals surface area contributed by atoms with Crippen molar-refractivity contribution < 1.29 is 17.6 Å². The van der Waals surface area contributed by atoms with Crippen molar-refractivity contribution in [3.63, 3.8) is 0 Å². The van der Waals surface area contributed by atoms with E-state index in [1.54, 1.807) is 0 Å². The Kier molecular flexibility index (Phi) is 2.87. The lowest BCUT2D eigenvalue weighted by Crippen LogP contribution is -2.15. The first kappa shape index (κ1) is 9.98. The van der Waals surface area contributed by atoms with Crippen LogP contribution in [0.25, 0.3) is 0 Å². The summed E-state index contributed by atoms with van der Waals surface area (Å²) in [6.07, 6.45) is 0. The summed E-state index contributed by atoms with van der Waals surface area (Å²) in [5, 5.41) is 0. The predicted octanol–water partition coefficient (Wildman–Crippen LogP) is 2.07. The molecule has 0 unspecified atom stereocenters. The van der Waals surface area contributed by atoms with Crippen molar-refractivity contribution >= 4 is 0 Å². The Morgan fingerprint density at radius 2 is 1.85 bits per heavy atom. The van der Waals surface area contributed by atoms with Crippen LogP contribution in [0.3, 0.4) is 0 Å². The molecule has 0 fully saturated rings. The second-order valence-corrected chi connectivity index (χ2v) is 2.55. The van der Waals surface area contributed by atoms with Crippen molar-refractivity contribution in [1.82, 2.24) is 0 Å². The number of nitrogens with two attached hydrogens (primary N) is 1. The lowest BCUT2D eigenvalue weighted by atomic mass is 10.1. The molecule has 0 aliphatic carbocycles. The number of benzene rings is 1. The van der Waals surface area contributed by atoms with E-state index in [-0.39, 0.29) is 0 Å². The lowest BCUT2D eigenvalue weighted by molar-refractivity contribution is 0.413. The number of hydrogen-bond donors (Lipinski definition) is 1. The molecule has 0 amide bonds. The van der Waals surface area contributed by atoms with Crippen LogP contribution >= 0.6 is 0 Å². The summed E-state index contributed by atoms with van der Waals surface area (Å²) in [5.74, 6) is -3.64. The summed E-state index contributed by atoms with van der Waals surface area (Å²) in [4.78, 5) is 0. The number of rotatable bonds is 2. The molecule has 0 heterocycles. The average Bonchev–Trinajstić information content (AvgIpc) is 2.10. The first-order chi connectivity index (χ1) is 6.06. The van der Waals surface area contributed by atoms with Crippen LogP contribution in [0, 0.1) is 17.5 Å². The van der Waals surface area contributed by atoms with Crippen LogP contribution in [-0.4, -0.2) is 6.67 Å². The van der Waals surface area contributed by atoms with Gasteiger partial charge in [0.05, 0.1) is 6.04 Å². The van der Waals surface area contributed by atoms with E-state index in [2.05, 4.69) is 0 Å². The van der Waals surface area contributed by atoms with Crippen molar-refractivity contribution in [2.45, 2.75) is 6.04 Å². The zero-order chi connectivity index (χ0) is 10.0. The Morgan fingerprint density at radius 3 is 2.38 bits per heavy atom. The van der Waals surface area contributed by atoms with Gasteiger partial charge in [-0.1, -0.05) is 0 Å². The zero-order valence-electron chi connectivity index (χ0n) is 6.53. The van der Waals surface area contributed by atoms with Crippen LogP contribution in [0.4, 0.5) is 17.6 Å². The fourth-order valence-electron chi connectivity index (χ4n) is 0.929. The Balaban J connectivity index is 3.20. The summed E-state index contributed by atoms with van der Waals surface area (Å²) >= 11 is 0. The minimum Gasteiger partial charge on any atom is -0.322 e. The fourth-order valence-corrected chi connectivity index (χ4v) is 0.929. The molecular weight excluding hydrogens is 186 g/mol. The van der Waals surface area contributed by atoms with Crippen LogP contribution in [0.2, 0.25) is 0 Å². The van der Waals surface area contributed by atoms with E-state index in [1.165, 1.54) is 0 Å². The monoisotopic (exact) mass is 193 g/mol. The van der Waals surface area contributed by atoms with Gasteiger partial charge in [-0.2, -0.15) is 0 Å². The van der Waals surface area contributed by atoms with Gasteiger partial charge in [0, 0.05) is 11.6 Å². The number of alkyl halides is 1. The second kappa shape index (κ2) is 3.74. The quantitative estimate of drug-likeness (QED) is 0.564. The summed E-state index contributed by atoms with van der Waals surface area (Å²) in [6.45, 7) is -1.07. The average molecular weight is 193 g/mol. The van der Waals surface area contributed by atoms with Gasteiger partial charge < -0.3 is 5.73 Å². The molecule has 0 bridgehead atoms. The molecule has 0 saturated heterocycles. The van der Waals surface area contributed by atoms with E-state index in [1.807, 2.05) is 0 Å². The third kappa shape index (κ3) is 1.98. The van der Waals surface area contributed by atoms with Crippen LogP contribution in [0.15, 0.2) is 12.1 Å². The molecule has 1 rings (SSSR count). The molecule has 0 aliphatic heterocycles. The molecular formula is C8H7F4N. The highest BCUT2D eigenvalue weighted by molar-refractivity contribution is 5.23. The van der Waals surface area contributed by atoms with Gasteiger partial charge in [-0.05, 0) is 6.07 Å². The minimum atomic E-state index is -1.36. The predicted molar refractivity (Wildman–Crippen MR) is 39.2 cm³/mol. The zero-order valence-corrected chi connectivity index (χ0v) is 6.53. The van der Waals surface area contributed by atoms with Gasteiger partial charge in [0.15, 0.2) is 11.6 Å². The molecule has 1 aromatic carbocycles. The fraction of sp³-hybridized carbons (Fsp3) is 0.250. The maximum atomic E-state index is 12.8. The molecule has 1 aromatic rings. The molecule has 13 heavy (non-hydrogen) atoms. The molecule has 2 N–H and O–H groups in total. The van der Waals surface area contributed by atoms with Crippen molar-refractivity contribution in [3.05, 3.63) is 35.1 Å². The number of hydrogen-bond acceptors (Lipinski definition) is 1. The largest absolute Gasteiger partial charge is 0.322 e. The second-order valence-electron chi connectivity index (χ2n) is 2.55. The first-order valence-electron chi connectivity index (χ1n) is 3.52. The Hall–Kier alpha value is -1.10. The molecule has 0 aromatic heterocycles. The standard InChI is InChI=1S/C8H7F4N/c9-3-7(13)5-1-4(10)2-6(11)8(5)12/h1-2,7H,3,13H2/t7-/m0/s1. The van der Waals surface area contributed by atoms with E-state index in [4.69, 9.17) is 5.73 Å². The van der Waals surface area contributed by atoms with Crippen LogP contribution < -0.4 is 5.73 Å². The Bertz CT molecular complexity index is 313. The third-order valence-electron chi connectivity index (χ3n) is 1.59. The Labute approximate surface area is 72.2 Å². The molecule has 1 atom stereocenters. The van der Waals surface area contributed by atoms with Crippen molar-refractivity contribution in [2.24, 2.45) is 5.73 Å². The first-order valence-corrected chi connectivity index (χ1v) is 3.52. The molecule has 5 heteroatoms. The Morgan fingerprint density at radius 1 is 1.23 bits per heavy atom. The molecule has 0 radical (unpaired) electrons. The van der Waals surface area contributed by atoms with E-state index in [0.29, 0.717) is 12.1 Å². The van der Waals surface area contributed by atoms with E-state index in [9.17, 15) is 17.6 Å². The van der Waals surface area contributed by atoms with E-state index < -0.39 is 35.7 Å². The van der Waals surface area contributed by atoms with Gasteiger partial charge in [0.2, 0.25) is 0 Å². The number of halogens is 4. The topological polar surface area (TPSA) is 26.0 Å². The van der Waals surface area contributed by atoms with Crippen LogP contribution in [0.5, 0.6) is 0 Å². The highest BCUT2D eigenvalue weighted by atomic mass is 19.2. The third-order valence-corrected chi connectivity index (χ3v) is 1.59. The van der Waals surface area contributed by atoms with Crippen molar-refractivity contribution in [3.8, 4) is 0 Å². The molecule has 0 spiro atoms. The highest BCUT2D eigenvalue weighted by Gasteiger charge is 2.16. The van der Waals surface area contributed by atoms with Crippen LogP contribution in [-0.2, 0) is 0 Å². The highest BCUT2D eigenvalue weighted by Crippen LogP contribution is 2.19. The van der Waals surface area contributed by atoms with Crippen molar-refractivity contribution in [2.75, 3.05) is 6.67 Å². The summed E-state index contributed by atoms with van der Waals surface area (Å²) in [5.41, 5.74) is 4.60. The van der Waals surface area contributed by atoms with Gasteiger partial charge in [0.1, 0.15) is 12.5 Å². The van der Waals surface area contributed by atoms with Gasteiger partial charge in [-0.3, -0.25) is 0 Å². The van der Waals surface area contributed by atoms with E-state index >= 15 is 0 Å². The SMILES string of the molecule is N[C@@H](CF)c1cc(F)cc(F)c1F. The molecule has 0 saturated carbocycles. The summed E-state index contributed by atoms with van der Waals surface area (Å²) < 4.78 is 49.9. The van der Waals surface area contributed by atoms with Crippen LogP contribution in [0.1, 0.15) is 11.6 Å². The summed E-state index contributed by atoms with van der Waals surface area (Å²) in [6, 6.07) is -0.267. The maximum Gasteiger partial charge on any atom is 0.163 e. The van der Waals surface area contributed by atoms with Gasteiger partial charge >= 0.3 is 0 Å². The van der Waals surface area contributed by atoms with E-state index in [0.717, 1.165) is 0 Å². The molecule has 0 aliphatic rings.